The molecule has 6 heteroatoms. The number of Topliss-reactive ketones (excluding diaryl/α,β-unsaturated/α-hetero) is 1. The number of anilines is 2. The Morgan fingerprint density at radius 3 is 2.39 bits per heavy atom. The van der Waals surface area contributed by atoms with E-state index in [9.17, 15) is 19.2 Å². The van der Waals surface area contributed by atoms with Gasteiger partial charge in [0.15, 0.2) is 0 Å². The molecule has 31 heavy (non-hydrogen) atoms. The second-order valence-electron chi connectivity index (χ2n) is 10.0. The highest BCUT2D eigenvalue weighted by molar-refractivity contribution is 6.34. The highest BCUT2D eigenvalue weighted by atomic mass is 16.2. The van der Waals surface area contributed by atoms with Crippen LogP contribution in [-0.4, -0.2) is 23.5 Å². The molecule has 0 saturated heterocycles. The van der Waals surface area contributed by atoms with Gasteiger partial charge in [0, 0.05) is 17.5 Å². The van der Waals surface area contributed by atoms with E-state index in [1.54, 1.807) is 48.5 Å². The van der Waals surface area contributed by atoms with E-state index in [0.29, 0.717) is 52.0 Å². The zero-order valence-corrected chi connectivity index (χ0v) is 16.4. The summed E-state index contributed by atoms with van der Waals surface area (Å²) in [4.78, 5) is 53.0. The third-order valence-electron chi connectivity index (χ3n) is 9.41. The van der Waals surface area contributed by atoms with Crippen LogP contribution in [0, 0.1) is 46.8 Å². The van der Waals surface area contributed by atoms with Gasteiger partial charge in [-0.15, -0.1) is 0 Å². The maximum absolute atomic E-state index is 13.4. The van der Waals surface area contributed by atoms with Crippen LogP contribution in [0.1, 0.15) is 27.1 Å². The molecule has 8 unspecified atom stereocenters. The molecular formula is C25H18N2O4. The van der Waals surface area contributed by atoms with Gasteiger partial charge in [0.2, 0.25) is 5.91 Å². The predicted molar refractivity (Wildman–Crippen MR) is 109 cm³/mol. The average molecular weight is 410 g/mol. The molecular weight excluding hydrogens is 392 g/mol. The molecule has 4 bridgehead atoms. The van der Waals surface area contributed by atoms with E-state index in [0.717, 1.165) is 11.3 Å². The fourth-order valence-corrected chi connectivity index (χ4v) is 8.81. The minimum absolute atomic E-state index is 0.0456. The number of carbonyl (C=O) groups excluding carboxylic acids is 4. The molecule has 3 amide bonds. The number of ketones is 1. The van der Waals surface area contributed by atoms with Crippen LogP contribution in [0.3, 0.4) is 0 Å². The molecule has 152 valence electrons. The SMILES string of the molecule is O=C1C2C3CC4C2C2(C(=O)Nc5cccc(N6C(=O)c7ccccc7C6=O)c5)C1C3C42. The van der Waals surface area contributed by atoms with Crippen LogP contribution in [0.4, 0.5) is 11.4 Å². The topological polar surface area (TPSA) is 83.6 Å². The Morgan fingerprint density at radius 2 is 1.68 bits per heavy atom. The maximum Gasteiger partial charge on any atom is 0.266 e. The van der Waals surface area contributed by atoms with Gasteiger partial charge in [-0.25, -0.2) is 4.90 Å². The minimum atomic E-state index is -0.490. The summed E-state index contributed by atoms with van der Waals surface area (Å²) >= 11 is 0. The maximum atomic E-state index is 13.4. The van der Waals surface area contributed by atoms with Crippen LogP contribution >= 0.6 is 0 Å². The number of nitrogens with one attached hydrogen (secondary N) is 1. The van der Waals surface area contributed by atoms with E-state index in [-0.39, 0.29) is 35.5 Å². The van der Waals surface area contributed by atoms with Crippen molar-refractivity contribution in [2.75, 3.05) is 10.2 Å². The van der Waals surface area contributed by atoms with E-state index in [2.05, 4.69) is 5.32 Å². The standard InChI is InChI=1S/C25H18N2O4/c28-21-17-14-9-15-18-16(14)20(21)25(18,19(15)17)24(31)26-10-4-3-5-11(8-10)27-22(29)12-6-1-2-7-13(12)23(27)30/h1-8,14-20H,9H2,(H,26,31). The number of rotatable bonds is 3. The molecule has 0 aromatic heterocycles. The summed E-state index contributed by atoms with van der Waals surface area (Å²) in [6, 6.07) is 13.7. The number of nitrogens with zero attached hydrogens (tertiary/aromatic N) is 1. The summed E-state index contributed by atoms with van der Waals surface area (Å²) in [7, 11) is 0. The van der Waals surface area contributed by atoms with Gasteiger partial charge in [-0.1, -0.05) is 18.2 Å². The molecule has 6 fully saturated rings. The van der Waals surface area contributed by atoms with Crippen molar-refractivity contribution in [2.45, 2.75) is 6.42 Å². The molecule has 6 saturated carbocycles. The molecule has 1 aliphatic heterocycles. The fourth-order valence-electron chi connectivity index (χ4n) is 8.81. The molecule has 7 aliphatic rings. The number of fused-ring (bicyclic) bond motifs is 1. The van der Waals surface area contributed by atoms with Crippen LogP contribution in [0.5, 0.6) is 0 Å². The monoisotopic (exact) mass is 410 g/mol. The first-order valence-electron chi connectivity index (χ1n) is 11.0. The molecule has 2 aromatic carbocycles. The van der Waals surface area contributed by atoms with Gasteiger partial charge in [0.05, 0.1) is 22.2 Å². The lowest BCUT2D eigenvalue weighted by Crippen LogP contribution is -2.74. The molecule has 6 nitrogen and oxygen atoms in total. The Balaban J connectivity index is 1.11. The van der Waals surface area contributed by atoms with Gasteiger partial charge in [-0.05, 0) is 66.3 Å². The first kappa shape index (κ1) is 16.4. The van der Waals surface area contributed by atoms with Gasteiger partial charge in [-0.2, -0.15) is 0 Å². The number of benzene rings is 2. The highest BCUT2D eigenvalue weighted by Crippen LogP contribution is 2.92. The molecule has 1 N–H and O–H groups in total. The minimum Gasteiger partial charge on any atom is -0.325 e. The van der Waals surface area contributed by atoms with Crippen molar-refractivity contribution in [3.8, 4) is 0 Å². The van der Waals surface area contributed by atoms with Crippen molar-refractivity contribution in [3.05, 3.63) is 59.7 Å². The molecule has 0 radical (unpaired) electrons. The summed E-state index contributed by atoms with van der Waals surface area (Å²) in [5, 5.41) is 3.04. The Bertz CT molecular complexity index is 1260. The first-order chi connectivity index (χ1) is 15.0. The van der Waals surface area contributed by atoms with Crippen LogP contribution in [0.2, 0.25) is 0 Å². The zero-order valence-electron chi connectivity index (χ0n) is 16.4. The summed E-state index contributed by atoms with van der Waals surface area (Å²) in [5.41, 5.74) is 1.28. The average Bonchev–Trinajstić information content (AvgIpc) is 3.36. The van der Waals surface area contributed by atoms with Gasteiger partial charge in [0.25, 0.3) is 11.8 Å². The van der Waals surface area contributed by atoms with Crippen LogP contribution in [0.25, 0.3) is 0 Å². The van der Waals surface area contributed by atoms with Crippen molar-refractivity contribution < 1.29 is 19.2 Å². The largest absolute Gasteiger partial charge is 0.325 e. The lowest BCUT2D eigenvalue weighted by molar-refractivity contribution is -0.245. The molecule has 9 rings (SSSR count). The first-order valence-corrected chi connectivity index (χ1v) is 11.0. The Labute approximate surface area is 177 Å². The molecule has 1 heterocycles. The van der Waals surface area contributed by atoms with Gasteiger partial charge < -0.3 is 5.32 Å². The summed E-state index contributed by atoms with van der Waals surface area (Å²) in [6.45, 7) is 0. The molecule has 6 aliphatic carbocycles. The number of imide groups is 1. The fraction of sp³-hybridized carbons (Fsp3) is 0.360. The molecule has 2 aromatic rings. The normalized spacial score (nSPS) is 41.5. The van der Waals surface area contributed by atoms with E-state index < -0.39 is 5.41 Å². The second-order valence-corrected chi connectivity index (χ2v) is 10.0. The summed E-state index contributed by atoms with van der Waals surface area (Å²) < 4.78 is 0. The summed E-state index contributed by atoms with van der Waals surface area (Å²) in [6.07, 6.45) is 1.14. The van der Waals surface area contributed by atoms with E-state index in [1.807, 2.05) is 0 Å². The Kier molecular flexibility index (Phi) is 2.54. The smallest absolute Gasteiger partial charge is 0.266 e. The van der Waals surface area contributed by atoms with Crippen LogP contribution in [0.15, 0.2) is 48.5 Å². The van der Waals surface area contributed by atoms with Gasteiger partial charge in [0.1, 0.15) is 5.78 Å². The van der Waals surface area contributed by atoms with Gasteiger partial charge in [-0.3, -0.25) is 19.2 Å². The van der Waals surface area contributed by atoms with E-state index in [4.69, 9.17) is 0 Å². The third kappa shape index (κ3) is 1.46. The lowest BCUT2D eigenvalue weighted by Gasteiger charge is -2.70. The lowest BCUT2D eigenvalue weighted by atomic mass is 9.31. The highest BCUT2D eigenvalue weighted by Gasteiger charge is 2.96. The Hall–Kier alpha value is -3.28. The van der Waals surface area contributed by atoms with Crippen molar-refractivity contribution in [1.82, 2.24) is 0 Å². The zero-order chi connectivity index (χ0) is 20.8. The molecule has 8 atom stereocenters. The number of amides is 3. The van der Waals surface area contributed by atoms with Crippen molar-refractivity contribution >= 4 is 34.9 Å². The van der Waals surface area contributed by atoms with Crippen molar-refractivity contribution in [3.63, 3.8) is 0 Å². The van der Waals surface area contributed by atoms with Crippen LogP contribution in [-0.2, 0) is 9.59 Å². The number of hydrogen-bond acceptors (Lipinski definition) is 4. The number of hydrogen-bond donors (Lipinski definition) is 1. The second kappa shape index (κ2) is 4.79. The van der Waals surface area contributed by atoms with E-state index >= 15 is 0 Å². The van der Waals surface area contributed by atoms with Crippen molar-refractivity contribution in [1.29, 1.82) is 0 Å². The summed E-state index contributed by atoms with van der Waals surface area (Å²) in [5.74, 6) is 1.82. The van der Waals surface area contributed by atoms with E-state index in [1.165, 1.54) is 0 Å². The van der Waals surface area contributed by atoms with Crippen molar-refractivity contribution in [2.24, 2.45) is 46.8 Å². The van der Waals surface area contributed by atoms with Crippen LogP contribution < -0.4 is 10.2 Å². The quantitative estimate of drug-likeness (QED) is 0.789. The molecule has 0 spiro atoms. The Morgan fingerprint density at radius 1 is 0.935 bits per heavy atom. The number of carbonyl (C=O) groups is 4. The predicted octanol–water partition coefficient (Wildman–Crippen LogP) is 2.75. The third-order valence-corrected chi connectivity index (χ3v) is 9.41. The van der Waals surface area contributed by atoms with Gasteiger partial charge >= 0.3 is 0 Å².